The molecule has 1 aromatic heterocycles. The van der Waals surface area contributed by atoms with E-state index in [2.05, 4.69) is 4.98 Å². The highest BCUT2D eigenvalue weighted by Gasteiger charge is 2.26. The van der Waals surface area contributed by atoms with Crippen LogP contribution in [-0.2, 0) is 19.6 Å². The Balaban J connectivity index is 1.55. The average molecular weight is 365 g/mol. The van der Waals surface area contributed by atoms with Crippen LogP contribution in [0.2, 0.25) is 0 Å². The van der Waals surface area contributed by atoms with Crippen molar-refractivity contribution in [3.63, 3.8) is 0 Å². The monoisotopic (exact) mass is 365 g/mol. The largest absolute Gasteiger partial charge is 0.452 e. The predicted octanol–water partition coefficient (Wildman–Crippen LogP) is 0.429. The van der Waals surface area contributed by atoms with Gasteiger partial charge >= 0.3 is 5.97 Å². The van der Waals surface area contributed by atoms with Gasteiger partial charge in [-0.1, -0.05) is 18.2 Å². The third kappa shape index (κ3) is 3.83. The van der Waals surface area contributed by atoms with Crippen molar-refractivity contribution in [2.45, 2.75) is 0 Å². The molecule has 25 heavy (non-hydrogen) atoms. The van der Waals surface area contributed by atoms with Gasteiger partial charge in [0.25, 0.3) is 5.91 Å². The number of H-pyrrole nitrogens is 1. The molecule has 1 N–H and O–H groups in total. The van der Waals surface area contributed by atoms with Crippen LogP contribution in [-0.4, -0.2) is 73.5 Å². The first-order chi connectivity index (χ1) is 11.9. The number of ether oxygens (including phenoxy) is 1. The molecule has 8 nitrogen and oxygen atoms in total. The Hall–Kier alpha value is -2.39. The van der Waals surface area contributed by atoms with Crippen molar-refractivity contribution in [1.82, 2.24) is 14.2 Å². The number of nitrogens with one attached hydrogen (secondary N) is 1. The Morgan fingerprint density at radius 2 is 1.84 bits per heavy atom. The molecule has 3 rings (SSSR count). The number of sulfonamides is 1. The Morgan fingerprint density at radius 3 is 2.52 bits per heavy atom. The van der Waals surface area contributed by atoms with E-state index in [0.29, 0.717) is 5.56 Å². The molecule has 9 heteroatoms. The molecule has 2 heterocycles. The zero-order valence-corrected chi connectivity index (χ0v) is 14.6. The average Bonchev–Trinajstić information content (AvgIpc) is 3.03. The molecular formula is C16H19N3O5S. The maximum absolute atomic E-state index is 12.2. The number of rotatable bonds is 4. The number of hydrogen-bond donors (Lipinski definition) is 1. The first-order valence-electron chi connectivity index (χ1n) is 7.82. The van der Waals surface area contributed by atoms with Crippen molar-refractivity contribution in [2.75, 3.05) is 39.0 Å². The second-order valence-electron chi connectivity index (χ2n) is 5.87. The predicted molar refractivity (Wildman–Crippen MR) is 91.6 cm³/mol. The van der Waals surface area contributed by atoms with Crippen molar-refractivity contribution >= 4 is 32.8 Å². The first kappa shape index (κ1) is 17.4. The van der Waals surface area contributed by atoms with Gasteiger partial charge in [0.1, 0.15) is 0 Å². The molecule has 0 spiro atoms. The molecular weight excluding hydrogens is 346 g/mol. The summed E-state index contributed by atoms with van der Waals surface area (Å²) in [5.74, 6) is -0.901. The third-order valence-corrected chi connectivity index (χ3v) is 5.50. The van der Waals surface area contributed by atoms with Crippen LogP contribution in [0.25, 0.3) is 10.9 Å². The van der Waals surface area contributed by atoms with Crippen LogP contribution in [0.4, 0.5) is 0 Å². The van der Waals surface area contributed by atoms with Gasteiger partial charge in [-0.3, -0.25) is 4.79 Å². The summed E-state index contributed by atoms with van der Waals surface area (Å²) in [6, 6.07) is 7.32. The molecule has 0 unspecified atom stereocenters. The fourth-order valence-corrected chi connectivity index (χ4v) is 3.63. The van der Waals surface area contributed by atoms with E-state index in [-0.39, 0.29) is 38.7 Å². The molecule has 1 saturated heterocycles. The number of para-hydroxylation sites is 1. The number of esters is 1. The fraction of sp³-hybridized carbons (Fsp3) is 0.375. The van der Waals surface area contributed by atoms with Crippen molar-refractivity contribution in [3.8, 4) is 0 Å². The lowest BCUT2D eigenvalue weighted by molar-refractivity contribution is -0.135. The van der Waals surface area contributed by atoms with Gasteiger partial charge in [0.2, 0.25) is 10.0 Å². The Kier molecular flexibility index (Phi) is 4.78. The van der Waals surface area contributed by atoms with E-state index in [9.17, 15) is 18.0 Å². The topological polar surface area (TPSA) is 99.8 Å². The summed E-state index contributed by atoms with van der Waals surface area (Å²) in [6.07, 6.45) is 2.70. The van der Waals surface area contributed by atoms with E-state index >= 15 is 0 Å². The number of aromatic amines is 1. The Labute approximate surface area is 145 Å². The van der Waals surface area contributed by atoms with Crippen LogP contribution in [0.1, 0.15) is 10.4 Å². The van der Waals surface area contributed by atoms with Gasteiger partial charge in [-0.2, -0.15) is 4.31 Å². The summed E-state index contributed by atoms with van der Waals surface area (Å²) in [4.78, 5) is 28.8. The summed E-state index contributed by atoms with van der Waals surface area (Å²) in [5, 5.41) is 0.738. The highest BCUT2D eigenvalue weighted by atomic mass is 32.2. The summed E-state index contributed by atoms with van der Waals surface area (Å²) in [7, 11) is -3.24. The Morgan fingerprint density at radius 1 is 1.16 bits per heavy atom. The van der Waals surface area contributed by atoms with Crippen LogP contribution in [0.5, 0.6) is 0 Å². The maximum Gasteiger partial charge on any atom is 0.340 e. The number of nitrogens with zero attached hydrogens (tertiary/aromatic N) is 2. The summed E-state index contributed by atoms with van der Waals surface area (Å²) in [6.45, 7) is 0.715. The van der Waals surface area contributed by atoms with Crippen molar-refractivity contribution in [1.29, 1.82) is 0 Å². The van der Waals surface area contributed by atoms with E-state index in [1.807, 2.05) is 18.2 Å². The van der Waals surface area contributed by atoms with E-state index in [4.69, 9.17) is 4.74 Å². The van der Waals surface area contributed by atoms with E-state index in [1.165, 1.54) is 9.21 Å². The van der Waals surface area contributed by atoms with Crippen molar-refractivity contribution in [3.05, 3.63) is 36.0 Å². The Bertz CT molecular complexity index is 897. The smallest absolute Gasteiger partial charge is 0.340 e. The number of fused-ring (bicyclic) bond motifs is 1. The number of amides is 1. The van der Waals surface area contributed by atoms with Gasteiger partial charge in [0.05, 0.1) is 11.8 Å². The molecule has 1 aliphatic heterocycles. The van der Waals surface area contributed by atoms with Crippen LogP contribution >= 0.6 is 0 Å². The van der Waals surface area contributed by atoms with Crippen LogP contribution < -0.4 is 0 Å². The van der Waals surface area contributed by atoms with Gasteiger partial charge < -0.3 is 14.6 Å². The maximum atomic E-state index is 12.2. The SMILES string of the molecule is CS(=O)(=O)N1CCN(C(=O)COC(=O)c2c[nH]c3ccccc23)CC1. The second kappa shape index (κ2) is 6.85. The van der Waals surface area contributed by atoms with Crippen LogP contribution in [0, 0.1) is 0 Å². The molecule has 1 amide bonds. The number of benzene rings is 1. The number of aromatic nitrogens is 1. The molecule has 0 atom stereocenters. The van der Waals surface area contributed by atoms with Crippen LogP contribution in [0.15, 0.2) is 30.5 Å². The summed E-state index contributed by atoms with van der Waals surface area (Å²) in [5.41, 5.74) is 1.20. The van der Waals surface area contributed by atoms with Gasteiger partial charge in [0, 0.05) is 43.3 Å². The molecule has 0 saturated carbocycles. The molecule has 0 aliphatic carbocycles. The minimum Gasteiger partial charge on any atom is -0.452 e. The molecule has 1 aromatic carbocycles. The number of hydrogen-bond acceptors (Lipinski definition) is 5. The minimum absolute atomic E-state index is 0.251. The molecule has 1 aliphatic rings. The second-order valence-corrected chi connectivity index (χ2v) is 7.85. The number of carbonyl (C=O) groups excluding carboxylic acids is 2. The van der Waals surface area contributed by atoms with Gasteiger partial charge in [-0.15, -0.1) is 0 Å². The third-order valence-electron chi connectivity index (χ3n) is 4.20. The van der Waals surface area contributed by atoms with Gasteiger partial charge in [0.15, 0.2) is 6.61 Å². The fourth-order valence-electron chi connectivity index (χ4n) is 2.81. The van der Waals surface area contributed by atoms with Crippen molar-refractivity contribution in [2.24, 2.45) is 0 Å². The summed E-state index contributed by atoms with van der Waals surface area (Å²) < 4.78 is 29.4. The lowest BCUT2D eigenvalue weighted by atomic mass is 10.2. The zero-order valence-electron chi connectivity index (χ0n) is 13.8. The quantitative estimate of drug-likeness (QED) is 0.792. The van der Waals surface area contributed by atoms with E-state index < -0.39 is 16.0 Å². The van der Waals surface area contributed by atoms with E-state index in [1.54, 1.807) is 12.3 Å². The first-order valence-corrected chi connectivity index (χ1v) is 9.67. The minimum atomic E-state index is -3.24. The zero-order chi connectivity index (χ0) is 18.0. The van der Waals surface area contributed by atoms with Gasteiger partial charge in [-0.25, -0.2) is 13.2 Å². The normalized spacial score (nSPS) is 16.1. The molecule has 0 radical (unpaired) electrons. The molecule has 2 aromatic rings. The van der Waals surface area contributed by atoms with Crippen molar-refractivity contribution < 1.29 is 22.7 Å². The number of piperazine rings is 1. The molecule has 134 valence electrons. The standard InChI is InChI=1S/C16H19N3O5S/c1-25(22,23)19-8-6-18(7-9-19)15(20)11-24-16(21)13-10-17-14-5-3-2-4-12(13)14/h2-5,10,17H,6-9,11H2,1H3. The molecule has 1 fully saturated rings. The lowest BCUT2D eigenvalue weighted by Crippen LogP contribution is -2.51. The number of carbonyl (C=O) groups is 2. The highest BCUT2D eigenvalue weighted by Crippen LogP contribution is 2.18. The van der Waals surface area contributed by atoms with Gasteiger partial charge in [-0.05, 0) is 6.07 Å². The lowest BCUT2D eigenvalue weighted by Gasteiger charge is -2.33. The molecule has 0 bridgehead atoms. The van der Waals surface area contributed by atoms with E-state index in [0.717, 1.165) is 17.2 Å². The highest BCUT2D eigenvalue weighted by molar-refractivity contribution is 7.88. The van der Waals surface area contributed by atoms with Crippen LogP contribution in [0.3, 0.4) is 0 Å². The summed E-state index contributed by atoms with van der Waals surface area (Å²) >= 11 is 0.